The van der Waals surface area contributed by atoms with Crippen molar-refractivity contribution in [1.82, 2.24) is 5.32 Å². The van der Waals surface area contributed by atoms with E-state index in [9.17, 15) is 4.79 Å². The molecule has 0 unspecified atom stereocenters. The second-order valence-corrected chi connectivity index (χ2v) is 5.51. The maximum Gasteiger partial charge on any atom is 0.255 e. The van der Waals surface area contributed by atoms with Gasteiger partial charge in [0.05, 0.1) is 6.61 Å². The van der Waals surface area contributed by atoms with Gasteiger partial charge in [-0.15, -0.1) is 0 Å². The first kappa shape index (κ1) is 15.5. The van der Waals surface area contributed by atoms with Crippen molar-refractivity contribution in [1.29, 1.82) is 0 Å². The number of carbonyl (C=O) groups excluding carboxylic acids is 1. The predicted octanol–water partition coefficient (Wildman–Crippen LogP) is 1.86. The van der Waals surface area contributed by atoms with Crippen LogP contribution < -0.4 is 15.5 Å². The largest absolute Gasteiger partial charge is 0.392 e. The topological polar surface area (TPSA) is 66.7 Å². The Morgan fingerprint density at radius 1 is 1.04 bits per heavy atom. The molecule has 0 bridgehead atoms. The molecule has 0 aromatic heterocycles. The number of hydrogen-bond donors (Lipinski definition) is 2. The van der Waals surface area contributed by atoms with E-state index in [4.69, 9.17) is 5.11 Å². The number of piperazine rings is 1. The minimum absolute atomic E-state index is 0.0207. The number of rotatable bonds is 4. The molecule has 23 heavy (non-hydrogen) atoms. The molecule has 1 fully saturated rings. The number of anilines is 2. The average Bonchev–Trinajstić information content (AvgIpc) is 2.63. The summed E-state index contributed by atoms with van der Waals surface area (Å²) in [6.07, 6.45) is 0. The first-order valence-electron chi connectivity index (χ1n) is 7.76. The Morgan fingerprint density at radius 3 is 2.30 bits per heavy atom. The van der Waals surface area contributed by atoms with Crippen LogP contribution in [-0.4, -0.2) is 37.2 Å². The van der Waals surface area contributed by atoms with Gasteiger partial charge in [0.2, 0.25) is 0 Å². The quantitative estimate of drug-likeness (QED) is 0.906. The van der Waals surface area contributed by atoms with Crippen molar-refractivity contribution in [2.75, 3.05) is 36.4 Å². The number of carbonyl (C=O) groups is 1. The third-order valence-corrected chi connectivity index (χ3v) is 3.95. The van der Waals surface area contributed by atoms with E-state index in [0.29, 0.717) is 5.56 Å². The summed E-state index contributed by atoms with van der Waals surface area (Å²) in [7, 11) is 0. The zero-order valence-electron chi connectivity index (χ0n) is 12.9. The molecule has 2 aromatic carbocycles. The van der Waals surface area contributed by atoms with Crippen molar-refractivity contribution in [3.63, 3.8) is 0 Å². The van der Waals surface area contributed by atoms with Crippen molar-refractivity contribution in [2.45, 2.75) is 6.61 Å². The Hall–Kier alpha value is -2.37. The van der Waals surface area contributed by atoms with Gasteiger partial charge in [0.15, 0.2) is 0 Å². The fourth-order valence-corrected chi connectivity index (χ4v) is 2.59. The molecule has 2 aromatic rings. The van der Waals surface area contributed by atoms with Gasteiger partial charge in [0.25, 0.3) is 5.91 Å². The highest BCUT2D eigenvalue weighted by molar-refractivity contribution is 6.04. The first-order chi connectivity index (χ1) is 11.3. The summed E-state index contributed by atoms with van der Waals surface area (Å²) in [4.78, 5) is 14.5. The Bertz CT molecular complexity index is 647. The lowest BCUT2D eigenvalue weighted by molar-refractivity contribution is 0.102. The van der Waals surface area contributed by atoms with Crippen LogP contribution in [0.3, 0.4) is 0 Å². The third-order valence-electron chi connectivity index (χ3n) is 3.95. The number of aliphatic hydroxyl groups is 1. The predicted molar refractivity (Wildman–Crippen MR) is 90.8 cm³/mol. The van der Waals surface area contributed by atoms with Crippen LogP contribution in [0.2, 0.25) is 0 Å². The van der Waals surface area contributed by atoms with E-state index in [2.05, 4.69) is 15.5 Å². The van der Waals surface area contributed by atoms with E-state index in [0.717, 1.165) is 43.1 Å². The zero-order chi connectivity index (χ0) is 16.1. The smallest absolute Gasteiger partial charge is 0.255 e. The molecule has 0 atom stereocenters. The van der Waals surface area contributed by atoms with Crippen LogP contribution in [0.4, 0.5) is 11.4 Å². The van der Waals surface area contributed by atoms with Gasteiger partial charge in [-0.2, -0.15) is 0 Å². The fourth-order valence-electron chi connectivity index (χ4n) is 2.59. The Kier molecular flexibility index (Phi) is 4.90. The van der Waals surface area contributed by atoms with Gasteiger partial charge < -0.3 is 15.3 Å². The molecule has 2 N–H and O–H groups in total. The Morgan fingerprint density at radius 2 is 1.70 bits per heavy atom. The number of aliphatic hydroxyl groups excluding tert-OH is 1. The van der Waals surface area contributed by atoms with Crippen molar-refractivity contribution in [3.05, 3.63) is 59.7 Å². The molecule has 1 radical (unpaired) electrons. The maximum atomic E-state index is 12.2. The van der Waals surface area contributed by atoms with Crippen molar-refractivity contribution < 1.29 is 9.90 Å². The van der Waals surface area contributed by atoms with E-state index in [1.807, 2.05) is 24.3 Å². The molecule has 0 spiro atoms. The average molecular weight is 310 g/mol. The third kappa shape index (κ3) is 3.88. The van der Waals surface area contributed by atoms with Gasteiger partial charge in [-0.1, -0.05) is 12.1 Å². The van der Waals surface area contributed by atoms with Crippen LogP contribution >= 0.6 is 0 Å². The lowest BCUT2D eigenvalue weighted by Crippen LogP contribution is -2.40. The number of amides is 1. The fraction of sp³-hybridized carbons (Fsp3) is 0.278. The summed E-state index contributed by atoms with van der Waals surface area (Å²) in [6.45, 7) is 3.63. The van der Waals surface area contributed by atoms with Crippen LogP contribution in [-0.2, 0) is 6.61 Å². The molecule has 5 heteroatoms. The molecule has 0 saturated carbocycles. The highest BCUT2D eigenvalue weighted by Crippen LogP contribution is 2.19. The first-order valence-corrected chi connectivity index (χ1v) is 7.76. The summed E-state index contributed by atoms with van der Waals surface area (Å²) < 4.78 is 0. The molecule has 3 rings (SSSR count). The van der Waals surface area contributed by atoms with Crippen molar-refractivity contribution in [3.8, 4) is 0 Å². The van der Waals surface area contributed by atoms with Gasteiger partial charge in [0.1, 0.15) is 0 Å². The molecule has 1 saturated heterocycles. The van der Waals surface area contributed by atoms with E-state index < -0.39 is 0 Å². The Balaban J connectivity index is 1.63. The number of benzene rings is 2. The highest BCUT2D eigenvalue weighted by Gasteiger charge is 2.11. The Labute approximate surface area is 135 Å². The molecule has 1 heterocycles. The molecular weight excluding hydrogens is 290 g/mol. The van der Waals surface area contributed by atoms with Crippen LogP contribution in [0.25, 0.3) is 0 Å². The van der Waals surface area contributed by atoms with E-state index >= 15 is 0 Å². The summed E-state index contributed by atoms with van der Waals surface area (Å²) >= 11 is 0. The SMILES string of the molecule is O=C(Nc1ccc(N2CC[N]CC2)cc1)c1ccc(CO)cc1. The van der Waals surface area contributed by atoms with Gasteiger partial charge in [0, 0.05) is 43.1 Å². The summed E-state index contributed by atoms with van der Waals surface area (Å²) in [5.74, 6) is -0.154. The lowest BCUT2D eigenvalue weighted by Gasteiger charge is -2.28. The van der Waals surface area contributed by atoms with Gasteiger partial charge in [-0.3, -0.25) is 4.79 Å². The van der Waals surface area contributed by atoms with E-state index in [1.54, 1.807) is 24.3 Å². The molecule has 1 amide bonds. The highest BCUT2D eigenvalue weighted by atomic mass is 16.3. The minimum Gasteiger partial charge on any atom is -0.392 e. The molecule has 119 valence electrons. The number of nitrogens with zero attached hydrogens (tertiary/aromatic N) is 2. The van der Waals surface area contributed by atoms with Crippen LogP contribution in [0, 0.1) is 0 Å². The van der Waals surface area contributed by atoms with E-state index in [1.165, 1.54) is 0 Å². The van der Waals surface area contributed by atoms with Gasteiger partial charge >= 0.3 is 0 Å². The van der Waals surface area contributed by atoms with Crippen molar-refractivity contribution in [2.24, 2.45) is 0 Å². The van der Waals surface area contributed by atoms with Crippen LogP contribution in [0.1, 0.15) is 15.9 Å². The molecule has 0 aliphatic carbocycles. The van der Waals surface area contributed by atoms with Gasteiger partial charge in [-0.25, -0.2) is 5.32 Å². The van der Waals surface area contributed by atoms with Crippen molar-refractivity contribution >= 4 is 17.3 Å². The normalized spacial score (nSPS) is 14.6. The second-order valence-electron chi connectivity index (χ2n) is 5.51. The monoisotopic (exact) mass is 310 g/mol. The van der Waals surface area contributed by atoms with Gasteiger partial charge in [-0.05, 0) is 42.0 Å². The maximum absolute atomic E-state index is 12.2. The molecular formula is C18H20N3O2. The summed E-state index contributed by atoms with van der Waals surface area (Å²) in [5.41, 5.74) is 3.29. The summed E-state index contributed by atoms with van der Waals surface area (Å²) in [6, 6.07) is 14.8. The minimum atomic E-state index is -0.154. The second kappa shape index (κ2) is 7.26. The van der Waals surface area contributed by atoms with Crippen LogP contribution in [0.15, 0.2) is 48.5 Å². The number of hydrogen-bond acceptors (Lipinski definition) is 3. The summed E-state index contributed by atoms with van der Waals surface area (Å²) in [5, 5.41) is 16.3. The molecule has 5 nitrogen and oxygen atoms in total. The number of nitrogens with one attached hydrogen (secondary N) is 1. The zero-order valence-corrected chi connectivity index (χ0v) is 12.9. The lowest BCUT2D eigenvalue weighted by atomic mass is 10.1. The van der Waals surface area contributed by atoms with Crippen LogP contribution in [0.5, 0.6) is 0 Å². The molecule has 1 aliphatic heterocycles. The molecule has 1 aliphatic rings. The van der Waals surface area contributed by atoms with E-state index in [-0.39, 0.29) is 12.5 Å². The standard InChI is InChI=1S/C18H20N3O2/c22-13-14-1-3-15(4-2-14)18(23)20-16-5-7-17(8-6-16)21-11-9-19-10-12-21/h1-8,22H,9-13H2,(H,20,23).